The Kier molecular flexibility index (Phi) is 46.9. The van der Waals surface area contributed by atoms with Crippen LogP contribution in [0, 0.1) is 0 Å². The fraction of sp³-hybridized carbons (Fsp3) is 0.906. The molecule has 0 bridgehead atoms. The second-order valence-corrected chi connectivity index (χ2v) is 18.2. The van der Waals surface area contributed by atoms with E-state index in [-0.39, 0.29) is 0 Å². The molecule has 0 radical (unpaired) electrons. The summed E-state index contributed by atoms with van der Waals surface area (Å²) in [4.78, 5) is 12.6. The van der Waals surface area contributed by atoms with Gasteiger partial charge in [0, 0.05) is 0 Å². The van der Waals surface area contributed by atoms with E-state index in [0.29, 0.717) is 12.8 Å². The normalized spacial score (nSPS) is 14.1. The number of carbonyl (C=O) groups excluding carboxylic acids is 1. The van der Waals surface area contributed by atoms with Crippen LogP contribution in [0.2, 0.25) is 0 Å². The van der Waals surface area contributed by atoms with E-state index in [0.717, 1.165) is 44.9 Å². The number of hydrogen-bond acceptors (Lipinski definition) is 5. The van der Waals surface area contributed by atoms with E-state index >= 15 is 0 Å². The molecule has 1 amide bonds. The van der Waals surface area contributed by atoms with E-state index in [9.17, 15) is 25.2 Å². The summed E-state index contributed by atoms with van der Waals surface area (Å²) in [6.07, 6.45) is 56.5. The molecule has 0 rings (SSSR count). The van der Waals surface area contributed by atoms with Gasteiger partial charge in [0.25, 0.3) is 0 Å². The van der Waals surface area contributed by atoms with E-state index in [1.807, 2.05) is 0 Å². The minimum atomic E-state index is -1.26. The highest BCUT2D eigenvalue weighted by atomic mass is 16.3. The van der Waals surface area contributed by atoms with Crippen LogP contribution in [-0.2, 0) is 4.79 Å². The van der Waals surface area contributed by atoms with Gasteiger partial charge in [-0.1, -0.05) is 256 Å². The third kappa shape index (κ3) is 41.9. The molecule has 0 aliphatic rings. The van der Waals surface area contributed by atoms with Gasteiger partial charge in [0.1, 0.15) is 12.2 Å². The maximum Gasteiger partial charge on any atom is 0.249 e. The summed E-state index contributed by atoms with van der Waals surface area (Å²) >= 11 is 0. The Morgan fingerprint density at radius 3 is 1.07 bits per heavy atom. The van der Waals surface area contributed by atoms with Crippen LogP contribution in [0.25, 0.3) is 0 Å². The fourth-order valence-electron chi connectivity index (χ4n) is 8.26. The largest absolute Gasteiger partial charge is 0.394 e. The maximum atomic E-state index is 12.6. The van der Waals surface area contributed by atoms with Crippen molar-refractivity contribution in [2.75, 3.05) is 6.61 Å². The van der Waals surface area contributed by atoms with E-state index < -0.39 is 36.9 Å². The summed E-state index contributed by atoms with van der Waals surface area (Å²) < 4.78 is 0. The topological polar surface area (TPSA) is 110 Å². The van der Waals surface area contributed by atoms with Crippen LogP contribution < -0.4 is 5.32 Å². The van der Waals surface area contributed by atoms with Crippen molar-refractivity contribution in [1.82, 2.24) is 5.32 Å². The van der Waals surface area contributed by atoms with Gasteiger partial charge >= 0.3 is 0 Å². The van der Waals surface area contributed by atoms with E-state index in [1.165, 1.54) is 205 Å². The van der Waals surface area contributed by atoms with Crippen LogP contribution in [0.4, 0.5) is 0 Å². The lowest BCUT2D eigenvalue weighted by molar-refractivity contribution is -0.132. The predicted octanol–water partition coefficient (Wildman–Crippen LogP) is 14.7. The highest BCUT2D eigenvalue weighted by Gasteiger charge is 2.28. The molecular formula is C53H103NO5. The standard InChI is InChI=1S/C53H103NO5/c1-3-5-7-9-11-13-15-17-19-21-22-23-24-25-26-27-28-29-31-33-35-37-39-41-43-45-47-51(57)53(59)54-49(48-55)52(58)50(56)46-44-42-40-38-36-34-32-30-20-18-16-14-12-10-8-6-4-2/h22-23,25-26,49-52,55-58H,3-21,24,27-48H2,1-2H3,(H,54,59)/b23-22-,26-25-. The van der Waals surface area contributed by atoms with E-state index in [2.05, 4.69) is 43.5 Å². The highest BCUT2D eigenvalue weighted by molar-refractivity contribution is 5.80. The number of carbonyl (C=O) groups is 1. The summed E-state index contributed by atoms with van der Waals surface area (Å²) in [5, 5.41) is 43.9. The summed E-state index contributed by atoms with van der Waals surface area (Å²) in [5.74, 6) is -0.583. The Morgan fingerprint density at radius 2 is 0.729 bits per heavy atom. The molecule has 0 aliphatic heterocycles. The third-order valence-corrected chi connectivity index (χ3v) is 12.4. The Labute approximate surface area is 367 Å². The zero-order chi connectivity index (χ0) is 43.1. The van der Waals surface area contributed by atoms with Gasteiger partial charge in [0.05, 0.1) is 18.8 Å². The summed E-state index contributed by atoms with van der Waals surface area (Å²) in [6, 6.07) is -0.985. The van der Waals surface area contributed by atoms with Crippen LogP contribution >= 0.6 is 0 Å². The summed E-state index contributed by atoms with van der Waals surface area (Å²) in [5.41, 5.74) is 0. The molecule has 0 saturated carbocycles. The third-order valence-electron chi connectivity index (χ3n) is 12.4. The smallest absolute Gasteiger partial charge is 0.249 e. The number of rotatable bonds is 48. The molecule has 59 heavy (non-hydrogen) atoms. The van der Waals surface area contributed by atoms with Crippen LogP contribution in [-0.4, -0.2) is 57.3 Å². The predicted molar refractivity (Wildman–Crippen MR) is 256 cm³/mol. The molecule has 0 saturated heterocycles. The van der Waals surface area contributed by atoms with Crippen molar-refractivity contribution in [1.29, 1.82) is 0 Å². The summed E-state index contributed by atoms with van der Waals surface area (Å²) in [7, 11) is 0. The van der Waals surface area contributed by atoms with Gasteiger partial charge in [-0.15, -0.1) is 0 Å². The SMILES string of the molecule is CCCCCCCCCCC/C=C\C/C=C\CCCCCCCCCCCCC(O)C(=O)NC(CO)C(O)C(O)CCCCCCCCCCCCCCCCCCC. The van der Waals surface area contributed by atoms with Crippen molar-refractivity contribution in [2.45, 2.75) is 301 Å². The molecule has 6 heteroatoms. The van der Waals surface area contributed by atoms with Crippen molar-refractivity contribution in [2.24, 2.45) is 0 Å². The Hall–Kier alpha value is -1.21. The monoisotopic (exact) mass is 834 g/mol. The number of aliphatic hydroxyl groups is 4. The van der Waals surface area contributed by atoms with E-state index in [1.54, 1.807) is 0 Å². The lowest BCUT2D eigenvalue weighted by atomic mass is 9.99. The molecule has 0 aliphatic carbocycles. The average molecular weight is 834 g/mol. The molecule has 5 N–H and O–H groups in total. The van der Waals surface area contributed by atoms with Gasteiger partial charge in [-0.2, -0.15) is 0 Å². The van der Waals surface area contributed by atoms with Gasteiger partial charge in [-0.25, -0.2) is 0 Å². The average Bonchev–Trinajstić information content (AvgIpc) is 3.24. The molecule has 0 aromatic rings. The van der Waals surface area contributed by atoms with Crippen molar-refractivity contribution < 1.29 is 25.2 Å². The first kappa shape index (κ1) is 57.8. The quantitative estimate of drug-likeness (QED) is 0.0310. The van der Waals surface area contributed by atoms with Gasteiger partial charge in [0.15, 0.2) is 0 Å². The minimum absolute atomic E-state index is 0.367. The van der Waals surface area contributed by atoms with Crippen molar-refractivity contribution >= 4 is 5.91 Å². The molecule has 350 valence electrons. The lowest BCUT2D eigenvalue weighted by Crippen LogP contribution is -2.53. The number of aliphatic hydroxyl groups excluding tert-OH is 4. The molecule has 0 spiro atoms. The fourth-order valence-corrected chi connectivity index (χ4v) is 8.26. The Balaban J connectivity index is 3.66. The second-order valence-electron chi connectivity index (χ2n) is 18.2. The first-order valence-electron chi connectivity index (χ1n) is 26.2. The molecule has 0 aromatic carbocycles. The minimum Gasteiger partial charge on any atom is -0.394 e. The lowest BCUT2D eigenvalue weighted by Gasteiger charge is -2.27. The molecule has 4 atom stereocenters. The number of allylic oxidation sites excluding steroid dienone is 4. The van der Waals surface area contributed by atoms with Crippen molar-refractivity contribution in [3.05, 3.63) is 24.3 Å². The molecule has 0 aromatic heterocycles. The highest BCUT2D eigenvalue weighted by Crippen LogP contribution is 2.17. The first-order chi connectivity index (χ1) is 29.0. The number of hydrogen-bond donors (Lipinski definition) is 5. The second kappa shape index (κ2) is 47.8. The van der Waals surface area contributed by atoms with Gasteiger partial charge in [0.2, 0.25) is 5.91 Å². The van der Waals surface area contributed by atoms with Gasteiger partial charge < -0.3 is 25.7 Å². The number of unbranched alkanes of at least 4 members (excludes halogenated alkanes) is 35. The Bertz CT molecular complexity index is 893. The van der Waals surface area contributed by atoms with Crippen LogP contribution in [0.3, 0.4) is 0 Å². The zero-order valence-electron chi connectivity index (χ0n) is 39.5. The van der Waals surface area contributed by atoms with Crippen LogP contribution in [0.5, 0.6) is 0 Å². The molecule has 4 unspecified atom stereocenters. The molecule has 6 nitrogen and oxygen atoms in total. The molecular weight excluding hydrogens is 731 g/mol. The van der Waals surface area contributed by atoms with Crippen molar-refractivity contribution in [3.8, 4) is 0 Å². The maximum absolute atomic E-state index is 12.6. The molecule has 0 heterocycles. The number of amides is 1. The first-order valence-corrected chi connectivity index (χ1v) is 26.2. The van der Waals surface area contributed by atoms with E-state index in [4.69, 9.17) is 0 Å². The van der Waals surface area contributed by atoms with Crippen molar-refractivity contribution in [3.63, 3.8) is 0 Å². The van der Waals surface area contributed by atoms with Crippen LogP contribution in [0.15, 0.2) is 24.3 Å². The molecule has 0 fully saturated rings. The van der Waals surface area contributed by atoms with Gasteiger partial charge in [-0.3, -0.25) is 4.79 Å². The summed E-state index contributed by atoms with van der Waals surface area (Å²) in [6.45, 7) is 4.07. The van der Waals surface area contributed by atoms with Crippen LogP contribution in [0.1, 0.15) is 277 Å². The number of nitrogens with one attached hydrogen (secondary N) is 1. The zero-order valence-corrected chi connectivity index (χ0v) is 39.5. The Morgan fingerprint density at radius 1 is 0.424 bits per heavy atom. The van der Waals surface area contributed by atoms with Gasteiger partial charge in [-0.05, 0) is 44.9 Å².